The molecule has 0 spiro atoms. The quantitative estimate of drug-likeness (QED) is 0.564. The number of nitrogens with zero attached hydrogens (tertiary/aromatic N) is 7. The number of thiazole rings is 1. The Labute approximate surface area is 135 Å². The van der Waals surface area contributed by atoms with Gasteiger partial charge in [0.15, 0.2) is 11.5 Å². The SMILES string of the molecule is c1ccc2sc([C@H]3CCCN3c3ccc4nnnn4n3)nc2c1. The summed E-state index contributed by atoms with van der Waals surface area (Å²) in [6.07, 6.45) is 2.23. The van der Waals surface area contributed by atoms with Crippen molar-refractivity contribution in [3.8, 4) is 0 Å². The molecule has 0 bridgehead atoms. The maximum Gasteiger partial charge on any atom is 0.200 e. The highest BCUT2D eigenvalue weighted by atomic mass is 32.1. The van der Waals surface area contributed by atoms with E-state index in [1.54, 1.807) is 11.3 Å². The van der Waals surface area contributed by atoms with E-state index in [9.17, 15) is 0 Å². The first-order chi connectivity index (χ1) is 11.4. The lowest BCUT2D eigenvalue weighted by atomic mass is 10.2. The van der Waals surface area contributed by atoms with Crippen LogP contribution < -0.4 is 4.90 Å². The molecule has 0 N–H and O–H groups in total. The summed E-state index contributed by atoms with van der Waals surface area (Å²) < 4.78 is 2.71. The van der Waals surface area contributed by atoms with Crippen molar-refractivity contribution in [1.29, 1.82) is 0 Å². The lowest BCUT2D eigenvalue weighted by Crippen LogP contribution is -2.24. The molecule has 1 fully saturated rings. The fourth-order valence-corrected chi connectivity index (χ4v) is 4.24. The Morgan fingerprint density at radius 3 is 3.04 bits per heavy atom. The van der Waals surface area contributed by atoms with E-state index in [1.807, 2.05) is 18.2 Å². The molecule has 1 aromatic carbocycles. The minimum absolute atomic E-state index is 0.272. The highest BCUT2D eigenvalue weighted by molar-refractivity contribution is 7.18. The number of para-hydroxylation sites is 1. The monoisotopic (exact) mass is 323 g/mol. The first-order valence-electron chi connectivity index (χ1n) is 7.56. The van der Waals surface area contributed by atoms with Gasteiger partial charge in [-0.2, -0.15) is 0 Å². The minimum Gasteiger partial charge on any atom is -0.346 e. The van der Waals surface area contributed by atoms with E-state index < -0.39 is 0 Å². The number of hydrogen-bond donors (Lipinski definition) is 0. The zero-order chi connectivity index (χ0) is 15.2. The highest BCUT2D eigenvalue weighted by Gasteiger charge is 2.30. The van der Waals surface area contributed by atoms with Gasteiger partial charge in [-0.25, -0.2) is 4.98 Å². The molecule has 1 aliphatic heterocycles. The molecule has 0 amide bonds. The van der Waals surface area contributed by atoms with Gasteiger partial charge in [0, 0.05) is 6.54 Å². The molecule has 4 aromatic rings. The van der Waals surface area contributed by atoms with Crippen molar-refractivity contribution in [2.24, 2.45) is 0 Å². The largest absolute Gasteiger partial charge is 0.346 e. The van der Waals surface area contributed by atoms with Gasteiger partial charge in [0.2, 0.25) is 0 Å². The molecule has 5 rings (SSSR count). The maximum atomic E-state index is 4.82. The van der Waals surface area contributed by atoms with Gasteiger partial charge < -0.3 is 4.90 Å². The van der Waals surface area contributed by atoms with Gasteiger partial charge in [0.05, 0.1) is 16.3 Å². The van der Waals surface area contributed by atoms with E-state index in [1.165, 1.54) is 9.33 Å². The van der Waals surface area contributed by atoms with Gasteiger partial charge in [0.1, 0.15) is 5.01 Å². The molecule has 1 atom stereocenters. The molecule has 0 unspecified atom stereocenters. The summed E-state index contributed by atoms with van der Waals surface area (Å²) in [6.45, 7) is 0.973. The molecule has 4 heterocycles. The Morgan fingerprint density at radius 1 is 1.13 bits per heavy atom. The Bertz CT molecular complexity index is 951. The highest BCUT2D eigenvalue weighted by Crippen LogP contribution is 2.38. The van der Waals surface area contributed by atoms with E-state index in [0.717, 1.165) is 35.7 Å². The van der Waals surface area contributed by atoms with Crippen LogP contribution in [0.1, 0.15) is 23.9 Å². The lowest BCUT2D eigenvalue weighted by molar-refractivity contribution is 0.677. The van der Waals surface area contributed by atoms with Crippen molar-refractivity contribution in [2.75, 3.05) is 11.4 Å². The van der Waals surface area contributed by atoms with Crippen LogP contribution in [-0.2, 0) is 0 Å². The van der Waals surface area contributed by atoms with Gasteiger partial charge in [-0.3, -0.25) is 0 Å². The lowest BCUT2D eigenvalue weighted by Gasteiger charge is -2.23. The zero-order valence-corrected chi connectivity index (χ0v) is 13.0. The molecule has 0 saturated carbocycles. The second-order valence-corrected chi connectivity index (χ2v) is 6.65. The molecule has 3 aromatic heterocycles. The number of hydrogen-bond acceptors (Lipinski definition) is 7. The number of benzene rings is 1. The average molecular weight is 323 g/mol. The van der Waals surface area contributed by atoms with Gasteiger partial charge in [-0.1, -0.05) is 12.1 Å². The van der Waals surface area contributed by atoms with Gasteiger partial charge >= 0.3 is 0 Å². The van der Waals surface area contributed by atoms with Crippen LogP contribution in [0.25, 0.3) is 15.9 Å². The van der Waals surface area contributed by atoms with Crippen molar-refractivity contribution < 1.29 is 0 Å². The van der Waals surface area contributed by atoms with Crippen molar-refractivity contribution in [2.45, 2.75) is 18.9 Å². The second-order valence-electron chi connectivity index (χ2n) is 5.59. The van der Waals surface area contributed by atoms with Crippen molar-refractivity contribution >= 4 is 33.0 Å². The molecule has 23 heavy (non-hydrogen) atoms. The fraction of sp³-hybridized carbons (Fsp3) is 0.267. The van der Waals surface area contributed by atoms with Crippen molar-refractivity contribution in [3.63, 3.8) is 0 Å². The van der Waals surface area contributed by atoms with E-state index in [4.69, 9.17) is 4.98 Å². The Morgan fingerprint density at radius 2 is 2.09 bits per heavy atom. The molecule has 0 aliphatic carbocycles. The smallest absolute Gasteiger partial charge is 0.200 e. The predicted octanol–water partition coefficient (Wildman–Crippen LogP) is 2.47. The molecule has 1 aliphatic rings. The number of aromatic nitrogens is 6. The molecule has 114 valence electrons. The summed E-state index contributed by atoms with van der Waals surface area (Å²) in [5.41, 5.74) is 1.73. The van der Waals surface area contributed by atoms with Crippen LogP contribution in [0.15, 0.2) is 36.4 Å². The van der Waals surface area contributed by atoms with Crippen LogP contribution in [0.5, 0.6) is 0 Å². The standard InChI is InChI=1S/C15H13N7S/c1-2-6-12-10(4-1)16-15(23-12)11-5-3-9-21(11)14-8-7-13-17-19-20-22(13)18-14/h1-2,4,6-8,11H,3,5,9H2/t11-/m1/s1. The van der Waals surface area contributed by atoms with Gasteiger partial charge in [-0.15, -0.1) is 26.2 Å². The topological polar surface area (TPSA) is 72.1 Å². The van der Waals surface area contributed by atoms with Crippen molar-refractivity contribution in [3.05, 3.63) is 41.4 Å². The zero-order valence-electron chi connectivity index (χ0n) is 12.2. The third-order valence-corrected chi connectivity index (χ3v) is 5.34. The van der Waals surface area contributed by atoms with Gasteiger partial charge in [0.25, 0.3) is 0 Å². The number of anilines is 1. The Balaban J connectivity index is 1.56. The second kappa shape index (κ2) is 4.95. The Hall–Kier alpha value is -2.61. The van der Waals surface area contributed by atoms with Crippen LogP contribution in [-0.4, -0.2) is 36.8 Å². The fourth-order valence-electron chi connectivity index (χ4n) is 3.12. The van der Waals surface area contributed by atoms with E-state index in [-0.39, 0.29) is 6.04 Å². The molecule has 8 heteroatoms. The molecular weight excluding hydrogens is 310 g/mol. The normalized spacial score (nSPS) is 18.3. The number of fused-ring (bicyclic) bond motifs is 2. The van der Waals surface area contributed by atoms with E-state index >= 15 is 0 Å². The van der Waals surface area contributed by atoms with E-state index in [2.05, 4.69) is 43.7 Å². The predicted molar refractivity (Wildman–Crippen MR) is 87.5 cm³/mol. The molecule has 1 saturated heterocycles. The number of rotatable bonds is 2. The first kappa shape index (κ1) is 12.9. The van der Waals surface area contributed by atoms with E-state index in [0.29, 0.717) is 5.65 Å². The molecule has 0 radical (unpaired) electrons. The third-order valence-electron chi connectivity index (χ3n) is 4.20. The van der Waals surface area contributed by atoms with Gasteiger partial charge in [-0.05, 0) is 47.5 Å². The van der Waals surface area contributed by atoms with Crippen LogP contribution in [0, 0.1) is 0 Å². The average Bonchev–Trinajstić information content (AvgIpc) is 3.31. The summed E-state index contributed by atoms with van der Waals surface area (Å²) in [4.78, 5) is 7.13. The molecule has 7 nitrogen and oxygen atoms in total. The molecular formula is C15H13N7S. The summed E-state index contributed by atoms with van der Waals surface area (Å²) in [5, 5.41) is 17.1. The maximum absolute atomic E-state index is 4.82. The number of tetrazole rings is 1. The minimum atomic E-state index is 0.272. The third kappa shape index (κ3) is 2.06. The first-order valence-corrected chi connectivity index (χ1v) is 8.38. The summed E-state index contributed by atoms with van der Waals surface area (Å²) in [7, 11) is 0. The Kier molecular flexibility index (Phi) is 2.77. The summed E-state index contributed by atoms with van der Waals surface area (Å²) >= 11 is 1.77. The summed E-state index contributed by atoms with van der Waals surface area (Å²) in [6, 6.07) is 12.4. The van der Waals surface area contributed by atoms with Crippen LogP contribution in [0.2, 0.25) is 0 Å². The van der Waals surface area contributed by atoms with Crippen molar-refractivity contribution in [1.82, 2.24) is 30.2 Å². The van der Waals surface area contributed by atoms with Crippen LogP contribution in [0.3, 0.4) is 0 Å². The summed E-state index contributed by atoms with van der Waals surface area (Å²) in [5.74, 6) is 0.895. The van der Waals surface area contributed by atoms with Crippen LogP contribution in [0.4, 0.5) is 5.82 Å². The van der Waals surface area contributed by atoms with Crippen LogP contribution >= 0.6 is 11.3 Å².